The highest BCUT2D eigenvalue weighted by molar-refractivity contribution is 7.45. The number of allylic oxidation sites excluding steroid dienone is 3. The van der Waals surface area contributed by atoms with Crippen LogP contribution in [0.2, 0.25) is 0 Å². The third kappa shape index (κ3) is 47.4. The number of nitrogens with one attached hydrogen (secondary N) is 1. The van der Waals surface area contributed by atoms with Crippen molar-refractivity contribution in [2.24, 2.45) is 0 Å². The molecule has 0 saturated heterocycles. The van der Waals surface area contributed by atoms with Crippen LogP contribution in [-0.2, 0) is 27.9 Å². The lowest BCUT2D eigenvalue weighted by atomic mass is 10.0. The maximum atomic E-state index is 13.4. The Balaban J connectivity index is 5.40. The van der Waals surface area contributed by atoms with E-state index in [0.717, 1.165) is 64.2 Å². The van der Waals surface area contributed by atoms with Gasteiger partial charge in [0.2, 0.25) is 5.91 Å². The van der Waals surface area contributed by atoms with E-state index in [0.29, 0.717) is 23.9 Å². The second kappa shape index (κ2) is 46.2. The maximum Gasteiger partial charge on any atom is 0.306 e. The summed E-state index contributed by atoms with van der Waals surface area (Å²) in [7, 11) is 1.19. The molecule has 0 rings (SSSR count). The van der Waals surface area contributed by atoms with Crippen molar-refractivity contribution in [1.29, 1.82) is 0 Å². The summed E-state index contributed by atoms with van der Waals surface area (Å²) in [6, 6.07) is -0.886. The molecule has 0 heterocycles. The van der Waals surface area contributed by atoms with Crippen molar-refractivity contribution in [2.75, 3.05) is 40.9 Å². The summed E-state index contributed by atoms with van der Waals surface area (Å²) in [5.41, 5.74) is 0. The largest absolute Gasteiger partial charge is 0.756 e. The minimum absolute atomic E-state index is 0.0213. The van der Waals surface area contributed by atoms with E-state index < -0.39 is 20.0 Å². The van der Waals surface area contributed by atoms with Gasteiger partial charge in [0, 0.05) is 12.8 Å². The van der Waals surface area contributed by atoms with Crippen molar-refractivity contribution >= 4 is 19.7 Å². The topological polar surface area (TPSA) is 114 Å². The molecule has 0 fully saturated rings. The van der Waals surface area contributed by atoms with E-state index in [1.807, 2.05) is 33.3 Å². The Hall–Kier alpha value is -1.51. The first-order valence-electron chi connectivity index (χ1n) is 27.6. The fraction of sp³-hybridized carbons (Fsp3) is 0.891. The monoisotopic (exact) mass is 939 g/mol. The van der Waals surface area contributed by atoms with Gasteiger partial charge in [-0.3, -0.25) is 14.2 Å². The zero-order valence-electron chi connectivity index (χ0n) is 43.7. The van der Waals surface area contributed by atoms with Gasteiger partial charge in [-0.2, -0.15) is 0 Å². The van der Waals surface area contributed by atoms with Crippen LogP contribution in [0.15, 0.2) is 24.3 Å². The number of carbonyl (C=O) groups is 2. The fourth-order valence-corrected chi connectivity index (χ4v) is 8.77. The number of hydrogen-bond acceptors (Lipinski definition) is 7. The molecule has 9 nitrogen and oxygen atoms in total. The summed E-state index contributed by atoms with van der Waals surface area (Å²) in [5, 5.41) is 3.01. The number of esters is 1. The van der Waals surface area contributed by atoms with Crippen molar-refractivity contribution < 1.29 is 37.3 Å². The molecule has 0 aliphatic rings. The summed E-state index contributed by atoms with van der Waals surface area (Å²) in [6.45, 7) is 6.84. The van der Waals surface area contributed by atoms with Crippen LogP contribution in [0.25, 0.3) is 0 Å². The second-order valence-electron chi connectivity index (χ2n) is 20.1. The maximum absolute atomic E-state index is 13.4. The molecule has 0 spiro atoms. The Labute approximate surface area is 403 Å². The van der Waals surface area contributed by atoms with Gasteiger partial charge >= 0.3 is 5.97 Å². The Bertz CT molecular complexity index is 1170. The highest BCUT2D eigenvalue weighted by Crippen LogP contribution is 2.38. The molecule has 1 N–H and O–H groups in total. The van der Waals surface area contributed by atoms with Gasteiger partial charge in [-0.1, -0.05) is 219 Å². The molecule has 0 bridgehead atoms. The highest BCUT2D eigenvalue weighted by Gasteiger charge is 2.27. The number of carbonyl (C=O) groups excluding carboxylic acids is 2. The molecule has 3 unspecified atom stereocenters. The Kier molecular flexibility index (Phi) is 45.2. The van der Waals surface area contributed by atoms with Crippen LogP contribution in [-0.4, -0.2) is 69.4 Å². The molecule has 0 aliphatic carbocycles. The summed E-state index contributed by atoms with van der Waals surface area (Å²) in [4.78, 5) is 39.7. The second-order valence-corrected chi connectivity index (χ2v) is 21.5. The number of phosphoric ester groups is 1. The van der Waals surface area contributed by atoms with Crippen LogP contribution in [0.1, 0.15) is 265 Å². The van der Waals surface area contributed by atoms with Gasteiger partial charge in [-0.05, 0) is 57.4 Å². The smallest absolute Gasteiger partial charge is 0.306 e. The Morgan fingerprint density at radius 1 is 0.523 bits per heavy atom. The molecule has 65 heavy (non-hydrogen) atoms. The van der Waals surface area contributed by atoms with Crippen LogP contribution in [0, 0.1) is 0 Å². The number of rotatable bonds is 50. The van der Waals surface area contributed by atoms with Gasteiger partial charge in [0.25, 0.3) is 7.82 Å². The molecule has 0 saturated carbocycles. The summed E-state index contributed by atoms with van der Waals surface area (Å²) in [6.07, 6.45) is 51.3. The van der Waals surface area contributed by atoms with E-state index >= 15 is 0 Å². The molecule has 0 aromatic carbocycles. The number of unbranched alkanes of at least 4 members (excludes halogenated alkanes) is 32. The molecular weight excluding hydrogens is 832 g/mol. The summed E-state index contributed by atoms with van der Waals surface area (Å²) in [5.74, 6) is -0.550. The number of hydrogen-bond donors (Lipinski definition) is 1. The zero-order valence-corrected chi connectivity index (χ0v) is 44.6. The quantitative estimate of drug-likeness (QED) is 0.0212. The van der Waals surface area contributed by atoms with Crippen molar-refractivity contribution in [3.8, 4) is 0 Å². The van der Waals surface area contributed by atoms with Crippen LogP contribution >= 0.6 is 7.82 Å². The van der Waals surface area contributed by atoms with E-state index in [1.54, 1.807) is 0 Å². The number of ether oxygens (including phenoxy) is 1. The van der Waals surface area contributed by atoms with Crippen LogP contribution < -0.4 is 10.2 Å². The van der Waals surface area contributed by atoms with E-state index in [2.05, 4.69) is 38.2 Å². The molecule has 1 amide bonds. The first-order chi connectivity index (χ1) is 31.4. The van der Waals surface area contributed by atoms with Crippen LogP contribution in [0.4, 0.5) is 0 Å². The Morgan fingerprint density at radius 2 is 0.892 bits per heavy atom. The first kappa shape index (κ1) is 63.5. The third-order valence-corrected chi connectivity index (χ3v) is 13.3. The van der Waals surface area contributed by atoms with Gasteiger partial charge in [0.15, 0.2) is 0 Å². The molecule has 0 radical (unpaired) electrons. The molecule has 10 heteroatoms. The lowest BCUT2D eigenvalue weighted by Gasteiger charge is -2.30. The number of quaternary nitrogens is 1. The third-order valence-electron chi connectivity index (χ3n) is 12.4. The summed E-state index contributed by atoms with van der Waals surface area (Å²) < 4.78 is 30.2. The van der Waals surface area contributed by atoms with Crippen molar-refractivity contribution in [1.82, 2.24) is 5.32 Å². The minimum Gasteiger partial charge on any atom is -0.756 e. The predicted octanol–water partition coefficient (Wildman–Crippen LogP) is 15.6. The molecule has 0 aromatic heterocycles. The summed E-state index contributed by atoms with van der Waals surface area (Å²) >= 11 is 0. The average molecular weight is 939 g/mol. The van der Waals surface area contributed by atoms with Crippen LogP contribution in [0.5, 0.6) is 0 Å². The lowest BCUT2D eigenvalue weighted by Crippen LogP contribution is -2.47. The predicted molar refractivity (Wildman–Crippen MR) is 275 cm³/mol. The number of amides is 1. The average Bonchev–Trinajstić information content (AvgIpc) is 3.26. The molecule has 0 aromatic rings. The van der Waals surface area contributed by atoms with E-state index in [-0.39, 0.29) is 31.5 Å². The first-order valence-corrected chi connectivity index (χ1v) is 29.1. The van der Waals surface area contributed by atoms with E-state index in [9.17, 15) is 19.0 Å². The molecule has 0 aliphatic heterocycles. The van der Waals surface area contributed by atoms with Gasteiger partial charge in [-0.25, -0.2) is 0 Å². The fourth-order valence-electron chi connectivity index (χ4n) is 8.05. The standard InChI is InChI=1S/C55H107N2O7P/c1-7-10-13-16-19-22-25-28-30-33-36-39-42-45-48-55(59)64-53(46-43-40-37-34-31-27-24-21-18-15-12-9-3)52(51-63-65(60,61)62-50-49-57(4,5)6)56-54(58)47-44-41-38-35-32-29-26-23-20-17-14-11-8-2/h30,33,43,46,52-53H,7-29,31-32,34-42,44-45,47-51H2,1-6H3,(H-,56,58,60,61)/b33-30-,46-43+. The molecule has 384 valence electrons. The lowest BCUT2D eigenvalue weighted by molar-refractivity contribution is -0.870. The van der Waals surface area contributed by atoms with Crippen molar-refractivity contribution in [3.63, 3.8) is 0 Å². The number of likely N-dealkylation sites (N-methyl/N-ethyl adjacent to an activating group) is 1. The van der Waals surface area contributed by atoms with Gasteiger partial charge in [0.05, 0.1) is 33.8 Å². The van der Waals surface area contributed by atoms with E-state index in [1.165, 1.54) is 161 Å². The van der Waals surface area contributed by atoms with Crippen molar-refractivity contribution in [3.05, 3.63) is 24.3 Å². The molecule has 3 atom stereocenters. The van der Waals surface area contributed by atoms with Gasteiger partial charge < -0.3 is 28.5 Å². The van der Waals surface area contributed by atoms with Gasteiger partial charge in [0.1, 0.15) is 19.3 Å². The number of nitrogens with zero attached hydrogens (tertiary/aromatic N) is 1. The highest BCUT2D eigenvalue weighted by atomic mass is 31.2. The van der Waals surface area contributed by atoms with Gasteiger partial charge in [-0.15, -0.1) is 0 Å². The zero-order chi connectivity index (χ0) is 48.0. The minimum atomic E-state index is -4.69. The number of phosphoric acid groups is 1. The molecular formula is C55H107N2O7P. The Morgan fingerprint density at radius 3 is 1.32 bits per heavy atom. The van der Waals surface area contributed by atoms with Crippen LogP contribution in [0.3, 0.4) is 0 Å². The normalized spacial score (nSPS) is 14.0. The SMILES string of the molecule is CCCCCCCCC/C=C\CCCCCC(=O)OC(/C=C/CCCCCCCCCCCC)C(COP(=O)([O-])OCC[N+](C)(C)C)NC(=O)CCCCCCCCCCCCCCC. The van der Waals surface area contributed by atoms with Crippen molar-refractivity contribution in [2.45, 2.75) is 277 Å². The van der Waals surface area contributed by atoms with E-state index in [4.69, 9.17) is 13.8 Å².